The topological polar surface area (TPSA) is 68.2 Å². The van der Waals surface area contributed by atoms with Crippen LogP contribution in [0.5, 0.6) is 0 Å². The molecule has 5 nitrogen and oxygen atoms in total. The fraction of sp³-hybridized carbons (Fsp3) is 0.167. The lowest BCUT2D eigenvalue weighted by Gasteiger charge is -2.26. The molecule has 0 aliphatic carbocycles. The zero-order valence-electron chi connectivity index (χ0n) is 16.1. The lowest BCUT2D eigenvalue weighted by Crippen LogP contribution is -2.30. The first-order valence-corrected chi connectivity index (χ1v) is 9.83. The van der Waals surface area contributed by atoms with Crippen LogP contribution in [-0.2, 0) is 19.5 Å². The number of fused-ring (bicyclic) bond motifs is 1. The van der Waals surface area contributed by atoms with Crippen LogP contribution < -0.4 is 5.73 Å². The van der Waals surface area contributed by atoms with E-state index in [0.29, 0.717) is 5.82 Å². The molecule has 2 aromatic heterocycles. The van der Waals surface area contributed by atoms with Crippen molar-refractivity contribution in [2.75, 3.05) is 12.3 Å². The van der Waals surface area contributed by atoms with Gasteiger partial charge in [-0.2, -0.15) is 0 Å². The Labute approximate surface area is 169 Å². The van der Waals surface area contributed by atoms with Crippen molar-refractivity contribution in [3.63, 3.8) is 0 Å². The monoisotopic (exact) mass is 382 g/mol. The lowest BCUT2D eigenvalue weighted by atomic mass is 9.98. The summed E-state index contributed by atoms with van der Waals surface area (Å²) in [5.74, 6) is 1.59. The van der Waals surface area contributed by atoms with Crippen molar-refractivity contribution in [2.45, 2.75) is 19.5 Å². The fourth-order valence-electron chi connectivity index (χ4n) is 3.90. The van der Waals surface area contributed by atoms with Gasteiger partial charge in [0, 0.05) is 48.9 Å². The Morgan fingerprint density at radius 3 is 2.45 bits per heavy atom. The second-order valence-corrected chi connectivity index (χ2v) is 7.38. The summed E-state index contributed by atoms with van der Waals surface area (Å²) in [5, 5.41) is 4.39. The van der Waals surface area contributed by atoms with E-state index in [0.717, 1.165) is 48.6 Å². The van der Waals surface area contributed by atoms with Gasteiger partial charge in [-0.15, -0.1) is 0 Å². The van der Waals surface area contributed by atoms with Gasteiger partial charge in [-0.25, -0.2) is 4.98 Å². The smallest absolute Gasteiger partial charge is 0.143 e. The van der Waals surface area contributed by atoms with E-state index in [1.807, 2.05) is 18.2 Å². The highest BCUT2D eigenvalue weighted by Gasteiger charge is 2.25. The summed E-state index contributed by atoms with van der Waals surface area (Å²) in [6, 6.07) is 22.9. The Hall–Kier alpha value is -3.44. The van der Waals surface area contributed by atoms with E-state index in [1.165, 1.54) is 16.7 Å². The third-order valence-corrected chi connectivity index (χ3v) is 5.49. The maximum absolute atomic E-state index is 6.03. The van der Waals surface area contributed by atoms with Crippen molar-refractivity contribution in [2.24, 2.45) is 0 Å². The number of nitrogen functional groups attached to an aromatic ring is 1. The molecule has 0 atom stereocenters. The van der Waals surface area contributed by atoms with Crippen molar-refractivity contribution in [1.29, 1.82) is 0 Å². The average Bonchev–Trinajstić information content (AvgIpc) is 3.19. The number of aromatic nitrogens is 2. The molecule has 1 aliphatic heterocycles. The summed E-state index contributed by atoms with van der Waals surface area (Å²) >= 11 is 0. The van der Waals surface area contributed by atoms with Crippen LogP contribution in [0.4, 0.5) is 5.82 Å². The SMILES string of the molecule is Nc1ncccc1CN1CCc2onc(-c3ccc(-c4ccccc4)cc3)c2C1. The Morgan fingerprint density at radius 1 is 0.897 bits per heavy atom. The van der Waals surface area contributed by atoms with Gasteiger partial charge in [0.25, 0.3) is 0 Å². The molecule has 29 heavy (non-hydrogen) atoms. The van der Waals surface area contributed by atoms with Crippen LogP contribution in [0, 0.1) is 0 Å². The number of hydrogen-bond donors (Lipinski definition) is 1. The molecule has 5 rings (SSSR count). The molecule has 0 saturated heterocycles. The number of hydrogen-bond acceptors (Lipinski definition) is 5. The number of benzene rings is 2. The van der Waals surface area contributed by atoms with Gasteiger partial charge in [0.1, 0.15) is 17.3 Å². The Balaban J connectivity index is 1.39. The van der Waals surface area contributed by atoms with Crippen LogP contribution in [0.3, 0.4) is 0 Å². The molecular formula is C24H22N4O. The quantitative estimate of drug-likeness (QED) is 0.561. The van der Waals surface area contributed by atoms with Gasteiger partial charge in [0.15, 0.2) is 0 Å². The third-order valence-electron chi connectivity index (χ3n) is 5.49. The van der Waals surface area contributed by atoms with E-state index >= 15 is 0 Å². The van der Waals surface area contributed by atoms with Crippen LogP contribution in [0.25, 0.3) is 22.4 Å². The molecule has 0 spiro atoms. The van der Waals surface area contributed by atoms with Crippen LogP contribution in [-0.4, -0.2) is 21.6 Å². The maximum atomic E-state index is 6.03. The minimum Gasteiger partial charge on any atom is -0.383 e. The van der Waals surface area contributed by atoms with E-state index in [9.17, 15) is 0 Å². The highest BCUT2D eigenvalue weighted by molar-refractivity contribution is 5.70. The second kappa shape index (κ2) is 7.53. The van der Waals surface area contributed by atoms with Gasteiger partial charge in [0.2, 0.25) is 0 Å². The minimum atomic E-state index is 0.598. The molecule has 0 unspecified atom stereocenters. The van der Waals surface area contributed by atoms with Crippen molar-refractivity contribution in [3.05, 3.63) is 89.8 Å². The van der Waals surface area contributed by atoms with Crippen molar-refractivity contribution < 1.29 is 4.52 Å². The van der Waals surface area contributed by atoms with Crippen molar-refractivity contribution in [1.82, 2.24) is 15.0 Å². The molecule has 0 amide bonds. The summed E-state index contributed by atoms with van der Waals surface area (Å²) in [7, 11) is 0. The molecule has 2 N–H and O–H groups in total. The number of anilines is 1. The van der Waals surface area contributed by atoms with Crippen LogP contribution in [0.15, 0.2) is 77.4 Å². The molecule has 5 heteroatoms. The minimum absolute atomic E-state index is 0.598. The number of pyridine rings is 1. The van der Waals surface area contributed by atoms with E-state index < -0.39 is 0 Å². The van der Waals surface area contributed by atoms with E-state index in [2.05, 4.69) is 63.6 Å². The van der Waals surface area contributed by atoms with Gasteiger partial charge >= 0.3 is 0 Å². The average molecular weight is 382 g/mol. The Bertz CT molecular complexity index is 1120. The molecular weight excluding hydrogens is 360 g/mol. The summed E-state index contributed by atoms with van der Waals surface area (Å²) in [5.41, 5.74) is 12.7. The number of nitrogens with zero attached hydrogens (tertiary/aromatic N) is 3. The van der Waals surface area contributed by atoms with Crippen LogP contribution in [0.1, 0.15) is 16.9 Å². The normalized spacial score (nSPS) is 13.9. The van der Waals surface area contributed by atoms with Gasteiger partial charge in [0.05, 0.1) is 0 Å². The first kappa shape index (κ1) is 17.6. The third kappa shape index (κ3) is 3.52. The largest absolute Gasteiger partial charge is 0.383 e. The predicted molar refractivity (Wildman–Crippen MR) is 114 cm³/mol. The van der Waals surface area contributed by atoms with Gasteiger partial charge < -0.3 is 10.3 Å². The molecule has 0 saturated carbocycles. The maximum Gasteiger partial charge on any atom is 0.143 e. The first-order chi connectivity index (χ1) is 14.3. The van der Waals surface area contributed by atoms with Gasteiger partial charge in [-0.05, 0) is 17.2 Å². The predicted octanol–water partition coefficient (Wildman–Crippen LogP) is 4.54. The Kier molecular flexibility index (Phi) is 4.58. The van der Waals surface area contributed by atoms with Crippen LogP contribution >= 0.6 is 0 Å². The summed E-state index contributed by atoms with van der Waals surface area (Å²) in [6.07, 6.45) is 2.58. The zero-order chi connectivity index (χ0) is 19.6. The highest BCUT2D eigenvalue weighted by Crippen LogP contribution is 2.32. The van der Waals surface area contributed by atoms with E-state index in [4.69, 9.17) is 10.3 Å². The number of nitrogens with two attached hydrogens (primary N) is 1. The van der Waals surface area contributed by atoms with E-state index in [1.54, 1.807) is 6.20 Å². The summed E-state index contributed by atoms with van der Waals surface area (Å²) < 4.78 is 5.66. The van der Waals surface area contributed by atoms with Crippen molar-refractivity contribution in [3.8, 4) is 22.4 Å². The zero-order valence-corrected chi connectivity index (χ0v) is 16.1. The Morgan fingerprint density at radius 2 is 1.66 bits per heavy atom. The van der Waals surface area contributed by atoms with Gasteiger partial charge in [-0.3, -0.25) is 4.90 Å². The van der Waals surface area contributed by atoms with E-state index in [-0.39, 0.29) is 0 Å². The van der Waals surface area contributed by atoms with Crippen LogP contribution in [0.2, 0.25) is 0 Å². The van der Waals surface area contributed by atoms with Gasteiger partial charge in [-0.1, -0.05) is 65.8 Å². The molecule has 2 aromatic carbocycles. The first-order valence-electron chi connectivity index (χ1n) is 9.83. The molecule has 0 bridgehead atoms. The molecule has 144 valence electrons. The van der Waals surface area contributed by atoms with Crippen molar-refractivity contribution >= 4 is 5.82 Å². The standard InChI is InChI=1S/C24H22N4O/c25-24-20(7-4-13-26-24)15-28-14-12-22-21(16-28)23(27-29-22)19-10-8-18(9-11-19)17-5-2-1-3-6-17/h1-11,13H,12,14-16H2,(H2,25,26). The fourth-order valence-corrected chi connectivity index (χ4v) is 3.90. The second-order valence-electron chi connectivity index (χ2n) is 7.38. The molecule has 3 heterocycles. The summed E-state index contributed by atoms with van der Waals surface area (Å²) in [6.45, 7) is 2.49. The number of rotatable bonds is 4. The highest BCUT2D eigenvalue weighted by atomic mass is 16.5. The summed E-state index contributed by atoms with van der Waals surface area (Å²) in [4.78, 5) is 6.57. The molecule has 4 aromatic rings. The molecule has 0 fully saturated rings. The molecule has 1 aliphatic rings. The lowest BCUT2D eigenvalue weighted by molar-refractivity contribution is 0.229. The molecule has 0 radical (unpaired) electrons.